The molecular weight excluding hydrogens is 330 g/mol. The van der Waals surface area contributed by atoms with Gasteiger partial charge < -0.3 is 10.4 Å². The van der Waals surface area contributed by atoms with Crippen molar-refractivity contribution in [2.24, 2.45) is 0 Å². The van der Waals surface area contributed by atoms with Gasteiger partial charge >= 0.3 is 5.97 Å². The van der Waals surface area contributed by atoms with Crippen LogP contribution in [-0.4, -0.2) is 16.8 Å². The molecule has 0 fully saturated rings. The zero-order valence-electron chi connectivity index (χ0n) is 11.2. The summed E-state index contributed by atoms with van der Waals surface area (Å²) >= 11 is 11.8. The highest BCUT2D eigenvalue weighted by atomic mass is 35.5. The fourth-order valence-electron chi connectivity index (χ4n) is 1.85. The first-order chi connectivity index (χ1) is 10.4. The number of hydrogen-bond donors (Lipinski definition) is 3. The summed E-state index contributed by atoms with van der Waals surface area (Å²) in [6.45, 7) is 0.235. The Morgan fingerprint density at radius 2 is 1.95 bits per heavy atom. The minimum absolute atomic E-state index is 0.204. The van der Waals surface area contributed by atoms with Gasteiger partial charge in [0.05, 0.1) is 0 Å². The molecule has 2 rings (SSSR count). The Kier molecular flexibility index (Phi) is 5.00. The van der Waals surface area contributed by atoms with Gasteiger partial charge in [-0.05, 0) is 35.9 Å². The molecule has 3 N–H and O–H groups in total. The van der Waals surface area contributed by atoms with Gasteiger partial charge in [0.1, 0.15) is 11.5 Å². The number of halogens is 3. The van der Waals surface area contributed by atoms with Crippen LogP contribution in [0, 0.1) is 11.2 Å². The Morgan fingerprint density at radius 3 is 2.59 bits per heavy atom. The highest BCUT2D eigenvalue weighted by Crippen LogP contribution is 2.24. The van der Waals surface area contributed by atoms with E-state index < -0.39 is 17.5 Å². The van der Waals surface area contributed by atoms with Crippen molar-refractivity contribution >= 4 is 40.6 Å². The summed E-state index contributed by atoms with van der Waals surface area (Å²) in [6, 6.07) is 8.47. The lowest BCUT2D eigenvalue weighted by atomic mass is 10.1. The Hall–Kier alpha value is -2.11. The molecule has 0 aliphatic carbocycles. The van der Waals surface area contributed by atoms with Crippen molar-refractivity contribution in [1.82, 2.24) is 0 Å². The second-order valence-electron chi connectivity index (χ2n) is 4.46. The molecule has 0 aliphatic rings. The van der Waals surface area contributed by atoms with Crippen molar-refractivity contribution in [2.45, 2.75) is 6.54 Å². The summed E-state index contributed by atoms with van der Waals surface area (Å²) in [5, 5.41) is 20.2. The molecule has 0 aromatic heterocycles. The molecule has 2 aromatic rings. The van der Waals surface area contributed by atoms with Gasteiger partial charge in [0.15, 0.2) is 0 Å². The third-order valence-electron chi connectivity index (χ3n) is 2.95. The lowest BCUT2D eigenvalue weighted by molar-refractivity contribution is -0.129. The molecular formula is C15H11Cl2FN2O2. The molecule has 0 unspecified atom stereocenters. The molecule has 0 amide bonds. The van der Waals surface area contributed by atoms with Crippen molar-refractivity contribution in [1.29, 1.82) is 5.41 Å². The van der Waals surface area contributed by atoms with Crippen molar-refractivity contribution in [2.75, 3.05) is 5.32 Å². The number of carbonyl (C=O) groups is 1. The number of aliphatic carboxylic acids is 1. The average molecular weight is 341 g/mol. The monoisotopic (exact) mass is 340 g/mol. The normalized spacial score (nSPS) is 10.3. The van der Waals surface area contributed by atoms with Crippen LogP contribution in [0.4, 0.5) is 10.1 Å². The van der Waals surface area contributed by atoms with Crippen LogP contribution < -0.4 is 5.32 Å². The maximum atomic E-state index is 13.0. The maximum Gasteiger partial charge on any atom is 0.354 e. The van der Waals surface area contributed by atoms with E-state index in [4.69, 9.17) is 33.7 Å². The van der Waals surface area contributed by atoms with Crippen LogP contribution in [0.15, 0.2) is 36.4 Å². The first kappa shape index (κ1) is 16.3. The van der Waals surface area contributed by atoms with Crippen LogP contribution in [0.1, 0.15) is 11.1 Å². The Bertz CT molecular complexity index is 750. The molecule has 0 aliphatic heterocycles. The minimum atomic E-state index is -1.34. The highest BCUT2D eigenvalue weighted by molar-refractivity contribution is 6.42. The molecule has 2 aromatic carbocycles. The molecule has 114 valence electrons. The number of carboxylic acids is 1. The van der Waals surface area contributed by atoms with Gasteiger partial charge in [0.25, 0.3) is 0 Å². The summed E-state index contributed by atoms with van der Waals surface area (Å²) in [5.74, 6) is -1.78. The van der Waals surface area contributed by atoms with Crippen LogP contribution >= 0.6 is 23.2 Å². The van der Waals surface area contributed by atoms with Gasteiger partial charge in [-0.15, -0.1) is 0 Å². The standard InChI is InChI=1S/C15H11Cl2FN2O2/c16-9-2-4-11(14(19)15(21)22)13(5-9)20-7-8-1-3-10(18)6-12(8)17/h1-6,19-20H,7H2,(H,21,22). The maximum absolute atomic E-state index is 13.0. The fourth-order valence-corrected chi connectivity index (χ4v) is 2.26. The highest BCUT2D eigenvalue weighted by Gasteiger charge is 2.15. The van der Waals surface area contributed by atoms with E-state index in [0.717, 1.165) is 0 Å². The molecule has 0 saturated heterocycles. The Morgan fingerprint density at radius 1 is 1.23 bits per heavy atom. The van der Waals surface area contributed by atoms with Crippen molar-refractivity contribution in [3.8, 4) is 0 Å². The molecule has 0 atom stereocenters. The van der Waals surface area contributed by atoms with Gasteiger partial charge in [0, 0.05) is 27.8 Å². The van der Waals surface area contributed by atoms with Crippen molar-refractivity contribution in [3.05, 3.63) is 63.4 Å². The number of rotatable bonds is 5. The first-order valence-electron chi connectivity index (χ1n) is 6.18. The van der Waals surface area contributed by atoms with Crippen molar-refractivity contribution < 1.29 is 14.3 Å². The Labute approximate surface area is 136 Å². The lowest BCUT2D eigenvalue weighted by Crippen LogP contribution is -2.15. The number of anilines is 1. The summed E-state index contributed by atoms with van der Waals surface area (Å²) in [4.78, 5) is 11.0. The smallest absolute Gasteiger partial charge is 0.354 e. The summed E-state index contributed by atoms with van der Waals surface area (Å²) in [7, 11) is 0. The number of benzene rings is 2. The van der Waals surface area contributed by atoms with Gasteiger partial charge in [0.2, 0.25) is 0 Å². The molecule has 22 heavy (non-hydrogen) atoms. The second-order valence-corrected chi connectivity index (χ2v) is 5.30. The van der Waals surface area contributed by atoms with Crippen LogP contribution in [0.3, 0.4) is 0 Å². The third-order valence-corrected chi connectivity index (χ3v) is 3.54. The zero-order valence-corrected chi connectivity index (χ0v) is 12.7. The quantitative estimate of drug-likeness (QED) is 0.714. The van der Waals surface area contributed by atoms with Crippen LogP contribution in [0.25, 0.3) is 0 Å². The van der Waals surface area contributed by atoms with E-state index in [-0.39, 0.29) is 17.1 Å². The SMILES string of the molecule is N=C(C(=O)O)c1ccc(Cl)cc1NCc1ccc(F)cc1Cl. The van der Waals surface area contributed by atoms with Gasteiger partial charge in [-0.25, -0.2) is 9.18 Å². The van der Waals surface area contributed by atoms with Gasteiger partial charge in [-0.3, -0.25) is 5.41 Å². The predicted molar refractivity (Wildman–Crippen MR) is 84.7 cm³/mol. The summed E-state index contributed by atoms with van der Waals surface area (Å²) < 4.78 is 13.0. The molecule has 0 saturated carbocycles. The van der Waals surface area contributed by atoms with E-state index >= 15 is 0 Å². The minimum Gasteiger partial charge on any atom is -0.477 e. The van der Waals surface area contributed by atoms with E-state index in [2.05, 4.69) is 5.32 Å². The molecule has 0 radical (unpaired) electrons. The van der Waals surface area contributed by atoms with Crippen LogP contribution in [-0.2, 0) is 11.3 Å². The number of carboxylic acid groups (broad SMARTS) is 1. The topological polar surface area (TPSA) is 73.2 Å². The fraction of sp³-hybridized carbons (Fsp3) is 0.0667. The average Bonchev–Trinajstić information content (AvgIpc) is 2.45. The Balaban J connectivity index is 2.27. The van der Waals surface area contributed by atoms with Crippen molar-refractivity contribution in [3.63, 3.8) is 0 Å². The van der Waals surface area contributed by atoms with E-state index in [9.17, 15) is 9.18 Å². The number of nitrogens with one attached hydrogen (secondary N) is 2. The summed E-state index contributed by atoms with van der Waals surface area (Å²) in [6.07, 6.45) is 0. The van der Waals surface area contributed by atoms with Crippen LogP contribution in [0.2, 0.25) is 10.0 Å². The first-order valence-corrected chi connectivity index (χ1v) is 6.93. The van der Waals surface area contributed by atoms with E-state index in [0.29, 0.717) is 16.3 Å². The largest absolute Gasteiger partial charge is 0.477 e. The molecule has 0 spiro atoms. The molecule has 4 nitrogen and oxygen atoms in total. The van der Waals surface area contributed by atoms with E-state index in [1.807, 2.05) is 0 Å². The summed E-state index contributed by atoms with van der Waals surface area (Å²) in [5.41, 5.74) is 0.677. The predicted octanol–water partition coefficient (Wildman–Crippen LogP) is 4.20. The van der Waals surface area contributed by atoms with Crippen LogP contribution in [0.5, 0.6) is 0 Å². The number of hydrogen-bond acceptors (Lipinski definition) is 3. The molecule has 7 heteroatoms. The zero-order chi connectivity index (χ0) is 16.3. The third kappa shape index (κ3) is 3.75. The molecule has 0 heterocycles. The second kappa shape index (κ2) is 6.77. The van der Waals surface area contributed by atoms with Gasteiger partial charge in [-0.1, -0.05) is 29.3 Å². The molecule has 0 bridgehead atoms. The van der Waals surface area contributed by atoms with E-state index in [1.165, 1.54) is 36.4 Å². The van der Waals surface area contributed by atoms with Gasteiger partial charge in [-0.2, -0.15) is 0 Å². The van der Waals surface area contributed by atoms with E-state index in [1.54, 1.807) is 0 Å². The lowest BCUT2D eigenvalue weighted by Gasteiger charge is -2.13.